The molecule has 2 aliphatic rings. The Kier molecular flexibility index (Phi) is 3.96. The maximum atomic E-state index is 11.9. The van der Waals surface area contributed by atoms with Crippen LogP contribution in [0.1, 0.15) is 12.8 Å². The van der Waals surface area contributed by atoms with Crippen LogP contribution in [0.4, 0.5) is 0 Å². The average Bonchev–Trinajstić information content (AvgIpc) is 2.78. The molecule has 0 aromatic carbocycles. The van der Waals surface area contributed by atoms with Crippen molar-refractivity contribution in [2.45, 2.75) is 18.9 Å². The summed E-state index contributed by atoms with van der Waals surface area (Å²) in [6.07, 6.45) is 1.85. The molecule has 0 saturated carbocycles. The SMILES string of the molecule is O=C(O)C1COCC1NC(=O)[C@@H]1CCCNC1. The van der Waals surface area contributed by atoms with Gasteiger partial charge < -0.3 is 20.5 Å². The van der Waals surface area contributed by atoms with E-state index in [-0.39, 0.29) is 24.5 Å². The van der Waals surface area contributed by atoms with Crippen molar-refractivity contribution < 1.29 is 19.4 Å². The summed E-state index contributed by atoms with van der Waals surface area (Å²) >= 11 is 0. The number of hydrogen-bond acceptors (Lipinski definition) is 4. The maximum absolute atomic E-state index is 11.9. The Bertz CT molecular complexity index is 302. The molecule has 2 fully saturated rings. The van der Waals surface area contributed by atoms with E-state index in [1.165, 1.54) is 0 Å². The zero-order valence-corrected chi connectivity index (χ0v) is 9.65. The third-order valence-corrected chi connectivity index (χ3v) is 3.39. The topological polar surface area (TPSA) is 87.7 Å². The summed E-state index contributed by atoms with van der Waals surface area (Å²) in [6, 6.07) is -0.387. The second-order valence-corrected chi connectivity index (χ2v) is 4.64. The van der Waals surface area contributed by atoms with Crippen molar-refractivity contribution in [3.05, 3.63) is 0 Å². The molecule has 0 aliphatic carbocycles. The Morgan fingerprint density at radius 1 is 1.35 bits per heavy atom. The molecular formula is C11H18N2O4. The van der Waals surface area contributed by atoms with Gasteiger partial charge in [0.05, 0.1) is 25.2 Å². The lowest BCUT2D eigenvalue weighted by atomic mass is 9.97. The number of carboxylic acids is 1. The van der Waals surface area contributed by atoms with Gasteiger partial charge in [-0.2, -0.15) is 0 Å². The summed E-state index contributed by atoms with van der Waals surface area (Å²) in [5.41, 5.74) is 0. The van der Waals surface area contributed by atoms with E-state index in [1.807, 2.05) is 0 Å². The van der Waals surface area contributed by atoms with E-state index >= 15 is 0 Å². The molecule has 17 heavy (non-hydrogen) atoms. The molecule has 6 heteroatoms. The summed E-state index contributed by atoms with van der Waals surface area (Å²) in [4.78, 5) is 22.8. The fraction of sp³-hybridized carbons (Fsp3) is 0.818. The van der Waals surface area contributed by atoms with Crippen LogP contribution >= 0.6 is 0 Å². The van der Waals surface area contributed by atoms with Crippen molar-refractivity contribution in [1.82, 2.24) is 10.6 Å². The minimum atomic E-state index is -0.908. The molecule has 0 aromatic heterocycles. The molecule has 1 amide bonds. The van der Waals surface area contributed by atoms with E-state index in [0.29, 0.717) is 13.2 Å². The monoisotopic (exact) mass is 242 g/mol. The van der Waals surface area contributed by atoms with Crippen LogP contribution in [0.5, 0.6) is 0 Å². The highest BCUT2D eigenvalue weighted by molar-refractivity contribution is 5.80. The first-order chi connectivity index (χ1) is 8.18. The first-order valence-corrected chi connectivity index (χ1v) is 6.00. The second-order valence-electron chi connectivity index (χ2n) is 4.64. The van der Waals surface area contributed by atoms with Crippen LogP contribution in [0.15, 0.2) is 0 Å². The van der Waals surface area contributed by atoms with Crippen LogP contribution in [0.2, 0.25) is 0 Å². The number of hydrogen-bond donors (Lipinski definition) is 3. The van der Waals surface area contributed by atoms with Gasteiger partial charge in [0, 0.05) is 6.54 Å². The number of rotatable bonds is 3. The van der Waals surface area contributed by atoms with Crippen molar-refractivity contribution in [3.8, 4) is 0 Å². The highest BCUT2D eigenvalue weighted by Crippen LogP contribution is 2.16. The lowest BCUT2D eigenvalue weighted by Gasteiger charge is -2.24. The minimum absolute atomic E-state index is 0.0428. The van der Waals surface area contributed by atoms with Crippen LogP contribution in [0, 0.1) is 11.8 Å². The van der Waals surface area contributed by atoms with Gasteiger partial charge in [0.15, 0.2) is 0 Å². The Labute approximate surface area is 99.7 Å². The summed E-state index contributed by atoms with van der Waals surface area (Å²) in [5, 5.41) is 14.9. The number of carboxylic acid groups (broad SMARTS) is 1. The molecule has 2 heterocycles. The molecule has 0 spiro atoms. The van der Waals surface area contributed by atoms with Gasteiger partial charge in [-0.3, -0.25) is 9.59 Å². The van der Waals surface area contributed by atoms with Gasteiger partial charge in [0.2, 0.25) is 5.91 Å². The quantitative estimate of drug-likeness (QED) is 0.603. The van der Waals surface area contributed by atoms with Crippen molar-refractivity contribution in [2.24, 2.45) is 11.8 Å². The maximum Gasteiger partial charge on any atom is 0.311 e. The largest absolute Gasteiger partial charge is 0.481 e. The van der Waals surface area contributed by atoms with E-state index < -0.39 is 11.9 Å². The Morgan fingerprint density at radius 3 is 2.82 bits per heavy atom. The normalized spacial score (nSPS) is 33.3. The first-order valence-electron chi connectivity index (χ1n) is 6.00. The number of amides is 1. The Balaban J connectivity index is 1.86. The molecule has 0 aromatic rings. The van der Waals surface area contributed by atoms with Crippen LogP contribution in [0.3, 0.4) is 0 Å². The number of aliphatic carboxylic acids is 1. The van der Waals surface area contributed by atoms with Gasteiger partial charge in [-0.05, 0) is 19.4 Å². The molecule has 2 aliphatic heterocycles. The number of carbonyl (C=O) groups excluding carboxylic acids is 1. The third kappa shape index (κ3) is 2.95. The average molecular weight is 242 g/mol. The van der Waals surface area contributed by atoms with Crippen molar-refractivity contribution in [2.75, 3.05) is 26.3 Å². The first kappa shape index (κ1) is 12.3. The van der Waals surface area contributed by atoms with Crippen molar-refractivity contribution >= 4 is 11.9 Å². The minimum Gasteiger partial charge on any atom is -0.481 e. The van der Waals surface area contributed by atoms with Gasteiger partial charge >= 0.3 is 5.97 Å². The van der Waals surface area contributed by atoms with Gasteiger partial charge in [-0.1, -0.05) is 0 Å². The van der Waals surface area contributed by atoms with Crippen molar-refractivity contribution in [3.63, 3.8) is 0 Å². The standard InChI is InChI=1S/C11H18N2O4/c14-10(7-2-1-3-12-4-7)13-9-6-17-5-8(9)11(15)16/h7-9,12H,1-6H2,(H,13,14)(H,15,16)/t7-,8?,9?/m1/s1. The molecule has 2 rings (SSSR count). The van der Waals surface area contributed by atoms with Crippen LogP contribution in [0.25, 0.3) is 0 Å². The zero-order chi connectivity index (χ0) is 12.3. The summed E-state index contributed by atoms with van der Waals surface area (Å²) in [5.74, 6) is -1.62. The molecular weight excluding hydrogens is 224 g/mol. The Morgan fingerprint density at radius 2 is 2.18 bits per heavy atom. The summed E-state index contributed by atoms with van der Waals surface area (Å²) in [6.45, 7) is 2.11. The molecule has 0 bridgehead atoms. The number of carbonyl (C=O) groups is 2. The fourth-order valence-electron chi connectivity index (χ4n) is 2.32. The lowest BCUT2D eigenvalue weighted by Crippen LogP contribution is -2.48. The molecule has 2 unspecified atom stereocenters. The van der Waals surface area contributed by atoms with Crippen LogP contribution < -0.4 is 10.6 Å². The summed E-state index contributed by atoms with van der Waals surface area (Å²) < 4.78 is 5.11. The van der Waals surface area contributed by atoms with Gasteiger partial charge in [0.1, 0.15) is 5.92 Å². The molecule has 6 nitrogen and oxygen atoms in total. The Hall–Kier alpha value is -1.14. The highest BCUT2D eigenvalue weighted by atomic mass is 16.5. The third-order valence-electron chi connectivity index (χ3n) is 3.39. The molecule has 0 radical (unpaired) electrons. The summed E-state index contributed by atoms with van der Waals surface area (Å²) in [7, 11) is 0. The predicted octanol–water partition coefficient (Wildman–Crippen LogP) is -0.798. The number of ether oxygens (including phenoxy) is 1. The smallest absolute Gasteiger partial charge is 0.311 e. The lowest BCUT2D eigenvalue weighted by molar-refractivity contribution is -0.142. The highest BCUT2D eigenvalue weighted by Gasteiger charge is 2.36. The molecule has 2 saturated heterocycles. The molecule has 3 N–H and O–H groups in total. The fourth-order valence-corrected chi connectivity index (χ4v) is 2.32. The molecule has 96 valence electrons. The predicted molar refractivity (Wildman–Crippen MR) is 59.5 cm³/mol. The van der Waals surface area contributed by atoms with E-state index in [4.69, 9.17) is 9.84 Å². The van der Waals surface area contributed by atoms with Gasteiger partial charge in [-0.15, -0.1) is 0 Å². The molecule has 3 atom stereocenters. The number of nitrogens with one attached hydrogen (secondary N) is 2. The number of piperidine rings is 1. The van der Waals surface area contributed by atoms with E-state index in [0.717, 1.165) is 19.4 Å². The van der Waals surface area contributed by atoms with Gasteiger partial charge in [-0.25, -0.2) is 0 Å². The zero-order valence-electron chi connectivity index (χ0n) is 9.65. The van der Waals surface area contributed by atoms with E-state index in [2.05, 4.69) is 10.6 Å². The van der Waals surface area contributed by atoms with Gasteiger partial charge in [0.25, 0.3) is 0 Å². The second kappa shape index (κ2) is 5.46. The van der Waals surface area contributed by atoms with Crippen LogP contribution in [-0.2, 0) is 14.3 Å². The van der Waals surface area contributed by atoms with E-state index in [9.17, 15) is 9.59 Å². The van der Waals surface area contributed by atoms with Crippen LogP contribution in [-0.4, -0.2) is 49.3 Å². The van der Waals surface area contributed by atoms with E-state index in [1.54, 1.807) is 0 Å². The van der Waals surface area contributed by atoms with Crippen molar-refractivity contribution in [1.29, 1.82) is 0 Å².